The van der Waals surface area contributed by atoms with Crippen LogP contribution >= 0.6 is 11.6 Å². The smallest absolute Gasteiger partial charge is 0.295 e. The molecule has 4 rings (SSSR count). The molecule has 2 atom stereocenters. The fraction of sp³-hybridized carbons (Fsp3) is 0.333. The van der Waals surface area contributed by atoms with Crippen LogP contribution in [0.25, 0.3) is 5.76 Å². The van der Waals surface area contributed by atoms with Gasteiger partial charge in [0.2, 0.25) is 0 Å². The van der Waals surface area contributed by atoms with E-state index in [1.807, 2.05) is 0 Å². The van der Waals surface area contributed by atoms with Crippen LogP contribution in [0, 0.1) is 0 Å². The number of hydrogen-bond donors (Lipinski definition) is 1. The SMILES string of the molecule is COc1ccc([C@H]2C(=C(O)c3ccc(Cl)cc3)C(=O)C(=O)N2C[C@@H]2CCCO2)c(OC)c1. The van der Waals surface area contributed by atoms with Gasteiger partial charge in [-0.25, -0.2) is 0 Å². The van der Waals surface area contributed by atoms with Gasteiger partial charge in [-0.15, -0.1) is 0 Å². The van der Waals surface area contributed by atoms with Crippen molar-refractivity contribution in [3.8, 4) is 11.5 Å². The van der Waals surface area contributed by atoms with Crippen molar-refractivity contribution >= 4 is 29.1 Å². The summed E-state index contributed by atoms with van der Waals surface area (Å²) >= 11 is 5.97. The minimum Gasteiger partial charge on any atom is -0.507 e. The van der Waals surface area contributed by atoms with E-state index in [-0.39, 0.29) is 24.0 Å². The Hall–Kier alpha value is -3.03. The lowest BCUT2D eigenvalue weighted by Gasteiger charge is -2.28. The Morgan fingerprint density at radius 2 is 1.91 bits per heavy atom. The molecule has 1 N–H and O–H groups in total. The van der Waals surface area contributed by atoms with Crippen LogP contribution in [0.4, 0.5) is 0 Å². The number of aliphatic hydroxyl groups excluding tert-OH is 1. The predicted molar refractivity (Wildman–Crippen MR) is 119 cm³/mol. The number of carbonyl (C=O) groups excluding carboxylic acids is 2. The first kappa shape index (κ1) is 22.2. The third kappa shape index (κ3) is 4.06. The number of hydrogen-bond acceptors (Lipinski definition) is 6. The standard InChI is InChI=1S/C24H24ClNO6/c1-30-16-9-10-18(19(12-16)31-2)21-20(22(27)14-5-7-15(25)8-6-14)23(28)24(29)26(21)13-17-4-3-11-32-17/h5-10,12,17,21,27H,3-4,11,13H2,1-2H3/t17-,21-/m0/s1. The molecular formula is C24H24ClNO6. The lowest BCUT2D eigenvalue weighted by atomic mass is 9.94. The number of carbonyl (C=O) groups is 2. The Morgan fingerprint density at radius 1 is 1.16 bits per heavy atom. The van der Waals surface area contributed by atoms with Crippen LogP contribution in [0.15, 0.2) is 48.0 Å². The molecule has 0 spiro atoms. The summed E-state index contributed by atoms with van der Waals surface area (Å²) in [5.74, 6) is -0.690. The van der Waals surface area contributed by atoms with Crippen LogP contribution in [0.1, 0.15) is 30.0 Å². The summed E-state index contributed by atoms with van der Waals surface area (Å²) in [4.78, 5) is 27.7. The molecule has 2 aromatic carbocycles. The number of rotatable bonds is 6. The molecule has 0 saturated carbocycles. The fourth-order valence-corrected chi connectivity index (χ4v) is 4.33. The number of aliphatic hydroxyl groups is 1. The average molecular weight is 458 g/mol. The van der Waals surface area contributed by atoms with Gasteiger partial charge in [0, 0.05) is 35.4 Å². The maximum Gasteiger partial charge on any atom is 0.295 e. The molecule has 0 bridgehead atoms. The van der Waals surface area contributed by atoms with E-state index in [1.54, 1.807) is 49.6 Å². The highest BCUT2D eigenvalue weighted by atomic mass is 35.5. The molecule has 2 heterocycles. The van der Waals surface area contributed by atoms with Gasteiger partial charge in [0.05, 0.1) is 31.9 Å². The third-order valence-corrected chi connectivity index (χ3v) is 6.07. The van der Waals surface area contributed by atoms with E-state index in [9.17, 15) is 14.7 Å². The van der Waals surface area contributed by atoms with Crippen LogP contribution in [0.2, 0.25) is 5.02 Å². The maximum atomic E-state index is 13.1. The Bertz CT molecular complexity index is 1060. The third-order valence-electron chi connectivity index (χ3n) is 5.82. The van der Waals surface area contributed by atoms with Gasteiger partial charge in [-0.1, -0.05) is 11.6 Å². The van der Waals surface area contributed by atoms with Crippen molar-refractivity contribution in [3.05, 3.63) is 64.2 Å². The van der Waals surface area contributed by atoms with Crippen molar-refractivity contribution in [1.82, 2.24) is 4.90 Å². The summed E-state index contributed by atoms with van der Waals surface area (Å²) in [7, 11) is 3.04. The van der Waals surface area contributed by atoms with Crippen molar-refractivity contribution in [2.24, 2.45) is 0 Å². The number of benzene rings is 2. The molecule has 0 aliphatic carbocycles. The molecule has 0 aromatic heterocycles. The number of amides is 1. The second-order valence-electron chi connectivity index (χ2n) is 7.70. The highest BCUT2D eigenvalue weighted by Gasteiger charge is 2.48. The summed E-state index contributed by atoms with van der Waals surface area (Å²) in [5.41, 5.74) is 0.960. The zero-order chi connectivity index (χ0) is 22.8. The maximum absolute atomic E-state index is 13.1. The molecular weight excluding hydrogens is 434 g/mol. The molecule has 8 heteroatoms. The normalized spacial score (nSPS) is 22.4. The summed E-state index contributed by atoms with van der Waals surface area (Å²) in [6.45, 7) is 0.859. The van der Waals surface area contributed by atoms with Gasteiger partial charge in [0.15, 0.2) is 0 Å². The summed E-state index contributed by atoms with van der Waals surface area (Å²) in [6.07, 6.45) is 1.53. The van der Waals surface area contributed by atoms with Crippen LogP contribution in [0.5, 0.6) is 11.5 Å². The number of Topliss-reactive ketones (excluding diaryl/α,β-unsaturated/α-hetero) is 1. The Kier molecular flexibility index (Phi) is 6.39. The second-order valence-corrected chi connectivity index (χ2v) is 8.14. The molecule has 32 heavy (non-hydrogen) atoms. The Balaban J connectivity index is 1.87. The summed E-state index contributed by atoms with van der Waals surface area (Å²) in [6, 6.07) is 10.8. The molecule has 2 saturated heterocycles. The fourth-order valence-electron chi connectivity index (χ4n) is 4.21. The van der Waals surface area contributed by atoms with Gasteiger partial charge in [0.25, 0.3) is 11.7 Å². The Labute approximate surface area is 191 Å². The number of nitrogens with zero attached hydrogens (tertiary/aromatic N) is 1. The van der Waals surface area contributed by atoms with Gasteiger partial charge in [-0.2, -0.15) is 0 Å². The quantitative estimate of drug-likeness (QED) is 0.401. The number of ether oxygens (including phenoxy) is 3. The minimum absolute atomic E-state index is 0.00112. The lowest BCUT2D eigenvalue weighted by Crippen LogP contribution is -2.36. The van der Waals surface area contributed by atoms with Gasteiger partial charge < -0.3 is 24.2 Å². The first-order chi connectivity index (χ1) is 15.4. The van der Waals surface area contributed by atoms with Crippen LogP contribution in [0.3, 0.4) is 0 Å². The van der Waals surface area contributed by atoms with E-state index in [1.165, 1.54) is 12.0 Å². The van der Waals surface area contributed by atoms with Crippen molar-refractivity contribution in [2.45, 2.75) is 25.0 Å². The molecule has 7 nitrogen and oxygen atoms in total. The lowest BCUT2D eigenvalue weighted by molar-refractivity contribution is -0.140. The van der Waals surface area contributed by atoms with Gasteiger partial charge in [-0.05, 0) is 49.2 Å². The minimum atomic E-state index is -0.837. The molecule has 2 aromatic rings. The number of likely N-dealkylation sites (tertiary alicyclic amines) is 1. The van der Waals surface area contributed by atoms with Crippen LogP contribution < -0.4 is 9.47 Å². The van der Waals surface area contributed by atoms with Crippen molar-refractivity contribution in [1.29, 1.82) is 0 Å². The van der Waals surface area contributed by atoms with E-state index < -0.39 is 17.7 Å². The number of halogens is 1. The molecule has 0 unspecified atom stereocenters. The molecule has 168 valence electrons. The monoisotopic (exact) mass is 457 g/mol. The first-order valence-electron chi connectivity index (χ1n) is 10.3. The van der Waals surface area contributed by atoms with Crippen LogP contribution in [-0.4, -0.2) is 55.2 Å². The van der Waals surface area contributed by atoms with Crippen molar-refractivity contribution < 1.29 is 28.9 Å². The van der Waals surface area contributed by atoms with E-state index in [2.05, 4.69) is 0 Å². The van der Waals surface area contributed by atoms with Crippen LogP contribution in [-0.2, 0) is 14.3 Å². The average Bonchev–Trinajstić information content (AvgIpc) is 3.41. The summed E-state index contributed by atoms with van der Waals surface area (Å²) < 4.78 is 16.6. The molecule has 2 aliphatic rings. The van der Waals surface area contributed by atoms with Gasteiger partial charge >= 0.3 is 0 Å². The summed E-state index contributed by atoms with van der Waals surface area (Å²) in [5, 5.41) is 11.6. The largest absolute Gasteiger partial charge is 0.507 e. The van der Waals surface area contributed by atoms with E-state index in [4.69, 9.17) is 25.8 Å². The number of ketones is 1. The first-order valence-corrected chi connectivity index (χ1v) is 10.7. The highest BCUT2D eigenvalue weighted by molar-refractivity contribution is 6.46. The van der Waals surface area contributed by atoms with Crippen molar-refractivity contribution in [3.63, 3.8) is 0 Å². The predicted octanol–water partition coefficient (Wildman–Crippen LogP) is 3.96. The van der Waals surface area contributed by atoms with E-state index >= 15 is 0 Å². The topological polar surface area (TPSA) is 85.3 Å². The van der Waals surface area contributed by atoms with Gasteiger partial charge in [-0.3, -0.25) is 9.59 Å². The number of methoxy groups -OCH3 is 2. The molecule has 2 fully saturated rings. The Morgan fingerprint density at radius 3 is 2.53 bits per heavy atom. The highest BCUT2D eigenvalue weighted by Crippen LogP contribution is 2.44. The zero-order valence-electron chi connectivity index (χ0n) is 17.8. The van der Waals surface area contributed by atoms with Gasteiger partial charge in [0.1, 0.15) is 17.3 Å². The molecule has 2 aliphatic heterocycles. The molecule has 0 radical (unpaired) electrons. The van der Waals surface area contributed by atoms with E-state index in [0.717, 1.165) is 12.8 Å². The van der Waals surface area contributed by atoms with Crippen molar-refractivity contribution in [2.75, 3.05) is 27.4 Å². The van der Waals surface area contributed by atoms with E-state index in [0.29, 0.717) is 34.3 Å². The second kappa shape index (κ2) is 9.22. The molecule has 1 amide bonds. The zero-order valence-corrected chi connectivity index (χ0v) is 18.6.